The third-order valence-corrected chi connectivity index (χ3v) is 7.64. The Bertz CT molecular complexity index is 814. The number of aryl methyl sites for hydroxylation is 1. The first kappa shape index (κ1) is 15.8. The van der Waals surface area contributed by atoms with E-state index in [-0.39, 0.29) is 28.4 Å². The van der Waals surface area contributed by atoms with Crippen LogP contribution >= 0.6 is 23.1 Å². The summed E-state index contributed by atoms with van der Waals surface area (Å²) in [6.45, 7) is 1.95. The number of hydrogen-bond acceptors (Lipinski definition) is 6. The van der Waals surface area contributed by atoms with E-state index in [9.17, 15) is 13.2 Å². The topological polar surface area (TPSA) is 76.1 Å². The van der Waals surface area contributed by atoms with Crippen LogP contribution in [0.4, 0.5) is 5.69 Å². The predicted molar refractivity (Wildman–Crippen MR) is 92.5 cm³/mol. The predicted octanol–water partition coefficient (Wildman–Crippen LogP) is 2.46. The van der Waals surface area contributed by atoms with Crippen LogP contribution in [0.1, 0.15) is 11.4 Å². The number of sulfone groups is 1. The molecule has 1 saturated heterocycles. The van der Waals surface area contributed by atoms with Crippen LogP contribution in [0.3, 0.4) is 0 Å². The summed E-state index contributed by atoms with van der Waals surface area (Å²) in [6, 6.07) is 5.65. The van der Waals surface area contributed by atoms with Crippen molar-refractivity contribution in [3.05, 3.63) is 23.2 Å². The van der Waals surface area contributed by atoms with Crippen molar-refractivity contribution in [1.82, 2.24) is 4.98 Å². The van der Waals surface area contributed by atoms with E-state index in [4.69, 9.17) is 0 Å². The van der Waals surface area contributed by atoms with Gasteiger partial charge in [0.1, 0.15) is 0 Å². The van der Waals surface area contributed by atoms with Crippen LogP contribution in [-0.4, -0.2) is 41.8 Å². The summed E-state index contributed by atoms with van der Waals surface area (Å²) in [7, 11) is -2.88. The zero-order chi connectivity index (χ0) is 15.7. The summed E-state index contributed by atoms with van der Waals surface area (Å²) in [5.74, 6) is 0.611. The van der Waals surface area contributed by atoms with Gasteiger partial charge >= 0.3 is 0 Å². The first-order chi connectivity index (χ1) is 10.4. The number of carbonyl (C=O) groups excluding carboxylic acids is 1. The molecule has 1 aromatic carbocycles. The molecule has 1 aromatic heterocycles. The van der Waals surface area contributed by atoms with Gasteiger partial charge < -0.3 is 5.32 Å². The third kappa shape index (κ3) is 3.80. The van der Waals surface area contributed by atoms with Crippen molar-refractivity contribution in [2.24, 2.45) is 0 Å². The lowest BCUT2D eigenvalue weighted by molar-refractivity contribution is -0.113. The Morgan fingerprint density at radius 3 is 3.05 bits per heavy atom. The van der Waals surface area contributed by atoms with Gasteiger partial charge in [0.2, 0.25) is 5.91 Å². The average Bonchev–Trinajstić information content (AvgIpc) is 2.97. The van der Waals surface area contributed by atoms with Gasteiger partial charge in [-0.1, -0.05) is 0 Å². The van der Waals surface area contributed by atoms with E-state index in [1.165, 1.54) is 11.8 Å². The fourth-order valence-electron chi connectivity index (χ4n) is 2.40. The lowest BCUT2D eigenvalue weighted by Crippen LogP contribution is -2.17. The second-order valence-electron chi connectivity index (χ2n) is 5.30. The minimum atomic E-state index is -2.88. The first-order valence-electron chi connectivity index (χ1n) is 6.90. The van der Waals surface area contributed by atoms with Gasteiger partial charge in [-0.25, -0.2) is 13.4 Å². The molecule has 22 heavy (non-hydrogen) atoms. The number of fused-ring (bicyclic) bond motifs is 1. The average molecular weight is 356 g/mol. The fraction of sp³-hybridized carbons (Fsp3) is 0.429. The maximum atomic E-state index is 12.0. The number of anilines is 1. The molecule has 0 spiro atoms. The highest BCUT2D eigenvalue weighted by Gasteiger charge is 2.28. The van der Waals surface area contributed by atoms with Crippen molar-refractivity contribution < 1.29 is 13.2 Å². The van der Waals surface area contributed by atoms with E-state index >= 15 is 0 Å². The van der Waals surface area contributed by atoms with Crippen molar-refractivity contribution in [3.63, 3.8) is 0 Å². The number of benzene rings is 1. The molecular weight excluding hydrogens is 340 g/mol. The molecule has 0 bridgehead atoms. The number of rotatable bonds is 4. The monoisotopic (exact) mass is 356 g/mol. The van der Waals surface area contributed by atoms with Crippen molar-refractivity contribution in [2.75, 3.05) is 22.6 Å². The maximum Gasteiger partial charge on any atom is 0.234 e. The Morgan fingerprint density at radius 1 is 1.50 bits per heavy atom. The molecule has 0 unspecified atom stereocenters. The highest BCUT2D eigenvalue weighted by Crippen LogP contribution is 2.26. The summed E-state index contributed by atoms with van der Waals surface area (Å²) >= 11 is 3.01. The lowest BCUT2D eigenvalue weighted by atomic mass is 10.3. The lowest BCUT2D eigenvalue weighted by Gasteiger charge is -2.08. The van der Waals surface area contributed by atoms with E-state index in [1.807, 2.05) is 25.1 Å². The maximum absolute atomic E-state index is 12.0. The van der Waals surface area contributed by atoms with E-state index in [2.05, 4.69) is 10.3 Å². The second kappa shape index (κ2) is 6.17. The van der Waals surface area contributed by atoms with Gasteiger partial charge in [0.25, 0.3) is 0 Å². The fourth-order valence-corrected chi connectivity index (χ4v) is 6.71. The highest BCUT2D eigenvalue weighted by atomic mass is 32.2. The number of nitrogens with one attached hydrogen (secondary N) is 1. The SMILES string of the molecule is Cc1nc2ccc(NC(=O)CS[C@H]3CCS(=O)(=O)C3)cc2s1. The summed E-state index contributed by atoms with van der Waals surface area (Å²) in [4.78, 5) is 16.4. The van der Waals surface area contributed by atoms with Crippen molar-refractivity contribution in [2.45, 2.75) is 18.6 Å². The Morgan fingerprint density at radius 2 is 2.32 bits per heavy atom. The van der Waals surface area contributed by atoms with Crippen LogP contribution in [0.25, 0.3) is 10.2 Å². The van der Waals surface area contributed by atoms with Crippen LogP contribution in [-0.2, 0) is 14.6 Å². The van der Waals surface area contributed by atoms with Crippen molar-refractivity contribution in [1.29, 1.82) is 0 Å². The normalized spacial score (nSPS) is 20.3. The number of carbonyl (C=O) groups is 1. The number of aromatic nitrogens is 1. The Kier molecular flexibility index (Phi) is 4.42. The number of thiazole rings is 1. The molecule has 1 fully saturated rings. The largest absolute Gasteiger partial charge is 0.325 e. The van der Waals surface area contributed by atoms with Crippen LogP contribution in [0.5, 0.6) is 0 Å². The molecule has 5 nitrogen and oxygen atoms in total. The highest BCUT2D eigenvalue weighted by molar-refractivity contribution is 8.02. The smallest absolute Gasteiger partial charge is 0.234 e. The van der Waals surface area contributed by atoms with Crippen LogP contribution in [0.2, 0.25) is 0 Å². The van der Waals surface area contributed by atoms with Crippen molar-refractivity contribution >= 4 is 54.7 Å². The zero-order valence-electron chi connectivity index (χ0n) is 12.0. The van der Waals surface area contributed by atoms with Gasteiger partial charge in [0, 0.05) is 10.9 Å². The minimum absolute atomic E-state index is 0.0439. The molecule has 1 N–H and O–H groups in total. The molecule has 0 saturated carbocycles. The van der Waals surface area contributed by atoms with E-state index in [0.29, 0.717) is 6.42 Å². The molecule has 0 radical (unpaired) electrons. The Labute approximate surface area is 137 Å². The summed E-state index contributed by atoms with van der Waals surface area (Å²) < 4.78 is 23.8. The molecule has 1 aliphatic rings. The second-order valence-corrected chi connectivity index (χ2v) is 10.1. The molecule has 1 aliphatic heterocycles. The number of hydrogen-bond donors (Lipinski definition) is 1. The van der Waals surface area contributed by atoms with Gasteiger partial charge in [-0.15, -0.1) is 23.1 Å². The van der Waals surface area contributed by atoms with Crippen LogP contribution in [0, 0.1) is 6.92 Å². The van der Waals surface area contributed by atoms with E-state index in [1.54, 1.807) is 11.3 Å². The van der Waals surface area contributed by atoms with E-state index < -0.39 is 9.84 Å². The first-order valence-corrected chi connectivity index (χ1v) is 10.6. The molecule has 1 atom stereocenters. The quantitative estimate of drug-likeness (QED) is 0.911. The van der Waals surface area contributed by atoms with Crippen LogP contribution in [0.15, 0.2) is 18.2 Å². The van der Waals surface area contributed by atoms with Crippen molar-refractivity contribution in [3.8, 4) is 0 Å². The zero-order valence-corrected chi connectivity index (χ0v) is 14.5. The molecule has 3 rings (SSSR count). The molecule has 2 heterocycles. The minimum Gasteiger partial charge on any atom is -0.325 e. The molecule has 8 heteroatoms. The Hall–Kier alpha value is -1.12. The van der Waals surface area contributed by atoms with Gasteiger partial charge in [0.15, 0.2) is 9.84 Å². The van der Waals surface area contributed by atoms with Gasteiger partial charge in [-0.05, 0) is 31.5 Å². The number of nitrogens with zero attached hydrogens (tertiary/aromatic N) is 1. The summed E-state index contributed by atoms with van der Waals surface area (Å²) in [5, 5.41) is 3.90. The van der Waals surface area contributed by atoms with Gasteiger partial charge in [-0.3, -0.25) is 4.79 Å². The molecule has 118 valence electrons. The molecule has 1 amide bonds. The molecule has 0 aliphatic carbocycles. The van der Waals surface area contributed by atoms with Crippen LogP contribution < -0.4 is 5.32 Å². The van der Waals surface area contributed by atoms with E-state index in [0.717, 1.165) is 20.9 Å². The number of amides is 1. The summed E-state index contributed by atoms with van der Waals surface area (Å²) in [5.41, 5.74) is 1.69. The number of thioether (sulfide) groups is 1. The Balaban J connectivity index is 1.56. The summed E-state index contributed by atoms with van der Waals surface area (Å²) in [6.07, 6.45) is 0.645. The van der Waals surface area contributed by atoms with Gasteiger partial charge in [-0.2, -0.15) is 0 Å². The molecule has 2 aromatic rings. The third-order valence-electron chi connectivity index (χ3n) is 3.42. The molecular formula is C14H16N2O3S3. The van der Waals surface area contributed by atoms with Gasteiger partial charge in [0.05, 0.1) is 32.5 Å². The standard InChI is InChI=1S/C14H16N2O3S3/c1-9-15-12-3-2-10(6-13(12)21-9)16-14(17)7-20-11-4-5-22(18,19)8-11/h2-3,6,11H,4-5,7-8H2,1H3,(H,16,17)/t11-/m0/s1.